The van der Waals surface area contributed by atoms with Gasteiger partial charge in [-0.3, -0.25) is 20.0 Å². The maximum Gasteiger partial charge on any atom is 0.0894 e. The van der Waals surface area contributed by atoms with Crippen molar-refractivity contribution < 1.29 is 34.1 Å². The Morgan fingerprint density at radius 3 is 1.10 bits per heavy atom. The number of aliphatic imine (C=N–C) groups is 2. The molecule has 0 aliphatic carbocycles. The first kappa shape index (κ1) is 47.3. The Balaban J connectivity index is 0.00000400. The number of rotatable bonds is 7. The van der Waals surface area contributed by atoms with Crippen molar-refractivity contribution >= 4 is 91.7 Å². The van der Waals surface area contributed by atoms with Crippen LogP contribution in [0.15, 0.2) is 119 Å². The molecule has 0 atom stereocenters. The van der Waals surface area contributed by atoms with Gasteiger partial charge in [0.15, 0.2) is 0 Å². The van der Waals surface area contributed by atoms with E-state index in [0.717, 1.165) is 78.9 Å². The number of hydrogen-bond donors (Lipinski definition) is 0. The van der Waals surface area contributed by atoms with Crippen molar-refractivity contribution in [2.45, 2.75) is 27.7 Å². The normalized spacial score (nSPS) is 10.1. The zero-order valence-electron chi connectivity index (χ0n) is 27.6. The minimum Gasteiger partial charge on any atom is -0.255 e. The smallest absolute Gasteiger partial charge is 0.0894 e. The van der Waals surface area contributed by atoms with Gasteiger partial charge >= 0.3 is 0 Å². The Bertz CT molecular complexity index is 1840. The van der Waals surface area contributed by atoms with E-state index in [4.69, 9.17) is 20.0 Å². The molecular weight excluding hydrogens is 972 g/mol. The summed E-state index contributed by atoms with van der Waals surface area (Å²) in [6, 6.07) is 32.2. The fourth-order valence-corrected chi connectivity index (χ4v) is 5.27. The van der Waals surface area contributed by atoms with Crippen LogP contribution in [0.5, 0.6) is 0 Å². The van der Waals surface area contributed by atoms with Crippen LogP contribution in [0.25, 0.3) is 33.9 Å². The second-order valence-electron chi connectivity index (χ2n) is 10.8. The fraction of sp³-hybridized carbons (Fsp3) is 0.105. The Labute approximate surface area is 357 Å². The van der Waals surface area contributed by atoms with Gasteiger partial charge in [0.2, 0.25) is 0 Å². The molecule has 0 saturated heterocycles. The van der Waals surface area contributed by atoms with E-state index < -0.39 is 0 Å². The molecule has 0 amide bonds. The fourth-order valence-electron chi connectivity index (χ4n) is 5.27. The molecule has 0 saturated carbocycles. The minimum absolute atomic E-state index is 0. The predicted molar refractivity (Wildman–Crippen MR) is 222 cm³/mol. The average Bonchev–Trinajstić information content (AvgIpc) is 3.05. The summed E-state index contributed by atoms with van der Waals surface area (Å²) in [6.45, 7) is 8.41. The standard InChI is InChI=1S/C38H32N6.4BrH.2Fe/c1-25-19-29(20-26(2)37(25)41-23-31-11-9-15-35(43-31)33-13-5-7-17-39-33)30-21-27(3)38(28(4)22-30)42-24-32-12-10-16-36(44-32)34-14-6-8-18-40-34;;;;;;/h5-24H,1-4H3;4*1H;;. The minimum atomic E-state index is 0. The molecule has 262 valence electrons. The number of nitrogens with zero attached hydrogens (tertiary/aromatic N) is 6. The topological polar surface area (TPSA) is 76.3 Å². The zero-order valence-corrected chi connectivity index (χ0v) is 36.6. The zero-order chi connectivity index (χ0) is 30.5. The molecular formula is C38H36Br4Fe2N6. The third kappa shape index (κ3) is 11.7. The van der Waals surface area contributed by atoms with E-state index in [2.05, 4.69) is 61.9 Å². The number of benzene rings is 2. The SMILES string of the molecule is Br.Br.Br.Br.Cc1cc(-c2cc(C)c(N=Cc3cccc(-c4ccccn4)n3)c(C)c2)cc(C)c1N=Cc1cccc(-c2ccccn2)n1.[Fe].[Fe]. The first-order valence-corrected chi connectivity index (χ1v) is 14.5. The molecule has 6 rings (SSSR count). The van der Waals surface area contributed by atoms with Gasteiger partial charge in [-0.25, -0.2) is 9.97 Å². The number of pyridine rings is 4. The van der Waals surface area contributed by atoms with Gasteiger partial charge < -0.3 is 0 Å². The van der Waals surface area contributed by atoms with Gasteiger partial charge in [-0.15, -0.1) is 67.9 Å². The van der Waals surface area contributed by atoms with Crippen LogP contribution in [-0.4, -0.2) is 32.4 Å². The van der Waals surface area contributed by atoms with Crippen LogP contribution in [0.1, 0.15) is 33.6 Å². The molecule has 0 aliphatic heterocycles. The summed E-state index contributed by atoms with van der Waals surface area (Å²) in [5.41, 5.74) is 13.5. The van der Waals surface area contributed by atoms with Crippen LogP contribution < -0.4 is 0 Å². The summed E-state index contributed by atoms with van der Waals surface area (Å²) >= 11 is 0. The number of aryl methyl sites for hydroxylation is 4. The molecule has 0 bridgehead atoms. The molecule has 0 aliphatic rings. The third-order valence-corrected chi connectivity index (χ3v) is 7.36. The summed E-state index contributed by atoms with van der Waals surface area (Å²) in [5, 5.41) is 0. The van der Waals surface area contributed by atoms with E-state index in [1.54, 1.807) is 12.4 Å². The van der Waals surface area contributed by atoms with E-state index >= 15 is 0 Å². The monoisotopic (exact) mass is 1000 g/mol. The number of halogens is 4. The predicted octanol–water partition coefficient (Wildman–Crippen LogP) is 11.3. The van der Waals surface area contributed by atoms with Crippen molar-refractivity contribution in [3.63, 3.8) is 0 Å². The Morgan fingerprint density at radius 2 is 0.780 bits per heavy atom. The quantitative estimate of drug-likeness (QED) is 0.118. The van der Waals surface area contributed by atoms with Crippen molar-refractivity contribution in [3.05, 3.63) is 143 Å². The van der Waals surface area contributed by atoms with Crippen LogP contribution in [0.4, 0.5) is 11.4 Å². The van der Waals surface area contributed by atoms with Gasteiger partial charge in [0.25, 0.3) is 0 Å². The van der Waals surface area contributed by atoms with Gasteiger partial charge in [0, 0.05) is 46.5 Å². The second-order valence-corrected chi connectivity index (χ2v) is 10.8. The first-order valence-electron chi connectivity index (χ1n) is 14.5. The van der Waals surface area contributed by atoms with Gasteiger partial charge in [0.1, 0.15) is 0 Å². The van der Waals surface area contributed by atoms with Crippen molar-refractivity contribution in [1.29, 1.82) is 0 Å². The van der Waals surface area contributed by atoms with Crippen LogP contribution in [0.3, 0.4) is 0 Å². The third-order valence-electron chi connectivity index (χ3n) is 7.36. The van der Waals surface area contributed by atoms with E-state index in [1.165, 1.54) is 0 Å². The molecule has 12 heteroatoms. The maximum atomic E-state index is 4.84. The second kappa shape index (κ2) is 22.3. The Hall–Kier alpha value is -2.66. The summed E-state index contributed by atoms with van der Waals surface area (Å²) in [5.74, 6) is 0. The Kier molecular flexibility index (Phi) is 21.1. The molecule has 4 aromatic heterocycles. The van der Waals surface area contributed by atoms with Crippen molar-refractivity contribution in [3.8, 4) is 33.9 Å². The Morgan fingerprint density at radius 1 is 0.440 bits per heavy atom. The first-order chi connectivity index (χ1) is 21.4. The number of hydrogen-bond acceptors (Lipinski definition) is 6. The molecule has 4 heterocycles. The molecule has 0 unspecified atom stereocenters. The molecule has 6 nitrogen and oxygen atoms in total. The molecule has 0 fully saturated rings. The van der Waals surface area contributed by atoms with Crippen molar-refractivity contribution in [1.82, 2.24) is 19.9 Å². The van der Waals surface area contributed by atoms with Crippen LogP contribution in [0, 0.1) is 27.7 Å². The van der Waals surface area contributed by atoms with E-state index in [1.807, 2.05) is 85.2 Å². The van der Waals surface area contributed by atoms with Gasteiger partial charge in [-0.1, -0.05) is 24.3 Å². The maximum absolute atomic E-state index is 4.84. The van der Waals surface area contributed by atoms with Crippen molar-refractivity contribution in [2.75, 3.05) is 0 Å². The van der Waals surface area contributed by atoms with E-state index in [9.17, 15) is 0 Å². The molecule has 50 heavy (non-hydrogen) atoms. The van der Waals surface area contributed by atoms with Gasteiger partial charge in [-0.2, -0.15) is 0 Å². The summed E-state index contributed by atoms with van der Waals surface area (Å²) < 4.78 is 0. The summed E-state index contributed by atoms with van der Waals surface area (Å²) in [7, 11) is 0. The molecule has 0 radical (unpaired) electrons. The van der Waals surface area contributed by atoms with Crippen LogP contribution in [-0.2, 0) is 34.1 Å². The molecule has 2 aromatic carbocycles. The van der Waals surface area contributed by atoms with Crippen LogP contribution in [0.2, 0.25) is 0 Å². The average molecular weight is 1010 g/mol. The van der Waals surface area contributed by atoms with Gasteiger partial charge in [0.05, 0.1) is 58.0 Å². The largest absolute Gasteiger partial charge is 0.255 e. The molecule has 0 N–H and O–H groups in total. The number of aromatic nitrogens is 4. The van der Waals surface area contributed by atoms with Crippen molar-refractivity contribution in [2.24, 2.45) is 9.98 Å². The molecule has 6 aromatic rings. The van der Waals surface area contributed by atoms with E-state index in [0.29, 0.717) is 0 Å². The van der Waals surface area contributed by atoms with Gasteiger partial charge in [-0.05, 0) is 134 Å². The summed E-state index contributed by atoms with van der Waals surface area (Å²) in [6.07, 6.45) is 7.20. The summed E-state index contributed by atoms with van der Waals surface area (Å²) in [4.78, 5) is 28.0. The molecule has 0 spiro atoms. The van der Waals surface area contributed by atoms with E-state index in [-0.39, 0.29) is 102 Å². The van der Waals surface area contributed by atoms with Crippen LogP contribution >= 0.6 is 67.9 Å².